The molecule has 0 saturated carbocycles. The standard InChI is InChI=1S/C25H35NO8.C24H33NO9/c1-14-8-9-15(2)23-20(33-25(4,5)34-23)12-21(27)26-18-10-17(30-7)11-19(31-13-29-6)22(18)24(28)32-16(14)3;1-13-7-8-17(26)22-19(33-24(3,4)34-22)11-20(27)25-16-9-15(30-6)10-18(31-12-29-5)21(16)23(28)32-14(13)2/h8-11,14-16,20,23H,12-13H2,1-7H3,(H,26,27);7-10,13-14,17,19,22,26H,11-12H2,1-6H3,(H,25,27)/b9-8-;8-7-/t14-,15?,16+,20+,23-;13-,14+,17?,19+,22-/m11/s1. The molecule has 10 atom stereocenters. The van der Waals surface area contributed by atoms with Crippen molar-refractivity contribution in [1.29, 1.82) is 0 Å². The van der Waals surface area contributed by atoms with Gasteiger partial charge in [0.05, 0.1) is 56.7 Å². The molecule has 2 saturated heterocycles. The Morgan fingerprint density at radius 3 is 1.40 bits per heavy atom. The summed E-state index contributed by atoms with van der Waals surface area (Å²) in [6.45, 7) is 16.3. The quantitative estimate of drug-likeness (QED) is 0.145. The Balaban J connectivity index is 0.000000254. The highest BCUT2D eigenvalue weighted by molar-refractivity contribution is 6.05. The molecule has 4 aliphatic heterocycles. The fourth-order valence-corrected chi connectivity index (χ4v) is 7.89. The molecule has 2 fully saturated rings. The van der Waals surface area contributed by atoms with Crippen LogP contribution in [-0.4, -0.2) is 125 Å². The number of carbonyl (C=O) groups excluding carboxylic acids is 4. The molecule has 2 amide bonds. The minimum Gasteiger partial charge on any atom is -0.497 e. The third-order valence-corrected chi connectivity index (χ3v) is 11.7. The van der Waals surface area contributed by atoms with Gasteiger partial charge in [-0.2, -0.15) is 0 Å². The number of aliphatic hydroxyl groups excluding tert-OH is 1. The number of methoxy groups -OCH3 is 4. The highest BCUT2D eigenvalue weighted by atomic mass is 16.8. The normalized spacial score (nSPS) is 30.3. The highest BCUT2D eigenvalue weighted by Crippen LogP contribution is 2.39. The van der Waals surface area contributed by atoms with E-state index < -0.39 is 66.0 Å². The van der Waals surface area contributed by atoms with E-state index >= 15 is 0 Å². The van der Waals surface area contributed by atoms with E-state index in [1.807, 2.05) is 53.7 Å². The van der Waals surface area contributed by atoms with Crippen molar-refractivity contribution in [3.63, 3.8) is 0 Å². The predicted molar refractivity (Wildman–Crippen MR) is 247 cm³/mol. The molecule has 4 heterocycles. The number of esters is 2. The van der Waals surface area contributed by atoms with Crippen molar-refractivity contribution in [2.45, 2.75) is 129 Å². The van der Waals surface area contributed by atoms with E-state index in [0.29, 0.717) is 11.5 Å². The summed E-state index contributed by atoms with van der Waals surface area (Å²) >= 11 is 0. The molecule has 2 aromatic rings. The lowest BCUT2D eigenvalue weighted by Crippen LogP contribution is -2.37. The van der Waals surface area contributed by atoms with Gasteiger partial charge in [-0.25, -0.2) is 9.59 Å². The predicted octanol–water partition coefficient (Wildman–Crippen LogP) is 6.55. The lowest BCUT2D eigenvalue weighted by Gasteiger charge is -2.24. The van der Waals surface area contributed by atoms with Crippen LogP contribution >= 0.6 is 0 Å². The van der Waals surface area contributed by atoms with Crippen molar-refractivity contribution >= 4 is 35.1 Å². The molecule has 4 aliphatic rings. The summed E-state index contributed by atoms with van der Waals surface area (Å²) in [7, 11) is 5.86. The van der Waals surface area contributed by atoms with E-state index in [0.717, 1.165) is 0 Å². The number of amides is 2. The Kier molecular flexibility index (Phi) is 18.4. The van der Waals surface area contributed by atoms with E-state index in [4.69, 9.17) is 56.8 Å². The first-order valence-electron chi connectivity index (χ1n) is 22.5. The van der Waals surface area contributed by atoms with Crippen LogP contribution in [0, 0.1) is 17.8 Å². The van der Waals surface area contributed by atoms with Crippen molar-refractivity contribution in [3.05, 3.63) is 59.7 Å². The monoisotopic (exact) mass is 956 g/mol. The van der Waals surface area contributed by atoms with Crippen LogP contribution in [0.25, 0.3) is 0 Å². The fourth-order valence-electron chi connectivity index (χ4n) is 7.89. The second-order valence-electron chi connectivity index (χ2n) is 18.0. The SMILES string of the molecule is COCOc1cc(OC)cc2c1C(=O)O[C@@H](C)[C@H](C)/C=C\C(C)[C@H]1OC(C)(C)O[C@H]1CC(=O)N2.COCOc1cc(OC)cc2c1C(=O)O[C@@H](C)[C@H](C)/C=C\C(O)[C@H]1OC(C)(C)O[C@H]1CC(=O)N2. The molecule has 0 radical (unpaired) electrons. The number of rotatable bonds is 8. The van der Waals surface area contributed by atoms with Crippen LogP contribution in [0.2, 0.25) is 0 Å². The number of cyclic esters (lactones) is 2. The van der Waals surface area contributed by atoms with Gasteiger partial charge in [0, 0.05) is 56.2 Å². The largest absolute Gasteiger partial charge is 0.497 e. The van der Waals surface area contributed by atoms with Gasteiger partial charge >= 0.3 is 11.9 Å². The van der Waals surface area contributed by atoms with Crippen LogP contribution in [0.15, 0.2) is 48.6 Å². The lowest BCUT2D eigenvalue weighted by atomic mass is 9.94. The Morgan fingerprint density at radius 1 is 0.574 bits per heavy atom. The van der Waals surface area contributed by atoms with Crippen LogP contribution in [0.5, 0.6) is 23.0 Å². The van der Waals surface area contributed by atoms with Crippen molar-refractivity contribution in [2.75, 3.05) is 52.7 Å². The maximum Gasteiger partial charge on any atom is 0.344 e. The molecular weight excluding hydrogens is 889 g/mol. The molecule has 2 unspecified atom stereocenters. The number of benzene rings is 2. The summed E-state index contributed by atoms with van der Waals surface area (Å²) in [6.07, 6.45) is 3.02. The van der Waals surface area contributed by atoms with Gasteiger partial charge in [-0.3, -0.25) is 9.59 Å². The highest BCUT2D eigenvalue weighted by Gasteiger charge is 2.46. The molecule has 0 aliphatic carbocycles. The van der Waals surface area contributed by atoms with Crippen LogP contribution in [-0.2, 0) is 47.5 Å². The van der Waals surface area contributed by atoms with Gasteiger partial charge in [-0.1, -0.05) is 45.1 Å². The van der Waals surface area contributed by atoms with E-state index in [2.05, 4.69) is 10.6 Å². The molecule has 0 bridgehead atoms. The summed E-state index contributed by atoms with van der Waals surface area (Å²) in [4.78, 5) is 52.6. The minimum atomic E-state index is -1.02. The summed E-state index contributed by atoms with van der Waals surface area (Å²) in [5, 5.41) is 16.3. The van der Waals surface area contributed by atoms with Crippen LogP contribution in [0.3, 0.4) is 0 Å². The van der Waals surface area contributed by atoms with Crippen molar-refractivity contribution < 1.29 is 81.1 Å². The first-order chi connectivity index (χ1) is 32.1. The molecule has 2 aromatic carbocycles. The smallest absolute Gasteiger partial charge is 0.344 e. The number of ether oxygens (including phenoxy) is 12. The first kappa shape index (κ1) is 53.7. The number of fused-ring (bicyclic) bond motifs is 4. The second kappa shape index (κ2) is 23.3. The van der Waals surface area contributed by atoms with Gasteiger partial charge in [0.2, 0.25) is 11.8 Å². The van der Waals surface area contributed by atoms with E-state index in [-0.39, 0.29) is 90.2 Å². The molecule has 19 nitrogen and oxygen atoms in total. The fraction of sp³-hybridized carbons (Fsp3) is 0.592. The Morgan fingerprint density at radius 2 is 0.971 bits per heavy atom. The molecular formula is C49H68N2O17. The third kappa shape index (κ3) is 13.9. The molecule has 0 spiro atoms. The number of hydrogen-bond acceptors (Lipinski definition) is 17. The average molecular weight is 957 g/mol. The summed E-state index contributed by atoms with van der Waals surface area (Å²) < 4.78 is 67.3. The summed E-state index contributed by atoms with van der Waals surface area (Å²) in [6, 6.07) is 6.14. The maximum atomic E-state index is 13.2. The molecule has 0 aromatic heterocycles. The summed E-state index contributed by atoms with van der Waals surface area (Å²) in [5.74, 6) is -3.13. The molecule has 3 N–H and O–H groups in total. The van der Waals surface area contributed by atoms with E-state index in [9.17, 15) is 24.3 Å². The Hall–Kier alpha value is -5.28. The summed E-state index contributed by atoms with van der Waals surface area (Å²) in [5.41, 5.74) is 0.491. The van der Waals surface area contributed by atoms with Gasteiger partial charge in [-0.15, -0.1) is 0 Å². The maximum absolute atomic E-state index is 13.2. The zero-order valence-corrected chi connectivity index (χ0v) is 41.2. The van der Waals surface area contributed by atoms with Gasteiger partial charge in [0.25, 0.3) is 0 Å². The van der Waals surface area contributed by atoms with Gasteiger partial charge in [0.1, 0.15) is 58.5 Å². The number of nitrogens with one attached hydrogen (secondary N) is 2. The second-order valence-corrected chi connectivity index (χ2v) is 18.0. The number of hydrogen-bond donors (Lipinski definition) is 3. The van der Waals surface area contributed by atoms with Gasteiger partial charge < -0.3 is 72.6 Å². The van der Waals surface area contributed by atoms with Gasteiger partial charge in [0.15, 0.2) is 25.2 Å². The first-order valence-corrected chi connectivity index (χ1v) is 22.5. The molecule has 6 rings (SSSR count). The van der Waals surface area contributed by atoms with Crippen molar-refractivity contribution in [1.82, 2.24) is 0 Å². The molecule has 68 heavy (non-hydrogen) atoms. The van der Waals surface area contributed by atoms with Crippen molar-refractivity contribution in [3.8, 4) is 23.0 Å². The Bertz CT molecular complexity index is 2010. The number of aliphatic hydroxyl groups is 1. The zero-order valence-electron chi connectivity index (χ0n) is 41.2. The lowest BCUT2D eigenvalue weighted by molar-refractivity contribution is -0.153. The van der Waals surface area contributed by atoms with E-state index in [1.165, 1.54) is 40.6 Å². The Labute approximate surface area is 397 Å². The topological polar surface area (TPSA) is 223 Å². The zero-order chi connectivity index (χ0) is 50.1. The van der Waals surface area contributed by atoms with Crippen LogP contribution < -0.4 is 29.6 Å². The third-order valence-electron chi connectivity index (χ3n) is 11.7. The minimum absolute atomic E-state index is 0.0192. The molecule has 376 valence electrons. The average Bonchev–Trinajstić information content (AvgIpc) is 3.76. The molecule has 19 heteroatoms. The van der Waals surface area contributed by atoms with E-state index in [1.54, 1.807) is 45.1 Å². The van der Waals surface area contributed by atoms with Crippen LogP contribution in [0.4, 0.5) is 11.4 Å². The number of anilines is 2. The van der Waals surface area contributed by atoms with Gasteiger partial charge in [-0.05, 0) is 41.5 Å². The van der Waals surface area contributed by atoms with Crippen molar-refractivity contribution in [2.24, 2.45) is 17.8 Å². The number of carbonyl (C=O) groups is 4. The van der Waals surface area contributed by atoms with Crippen LogP contribution in [0.1, 0.15) is 95.9 Å².